The lowest BCUT2D eigenvalue weighted by Crippen LogP contribution is -2.04. The summed E-state index contributed by atoms with van der Waals surface area (Å²) in [6, 6.07) is 29.5. The molecule has 0 radical (unpaired) electrons. The summed E-state index contributed by atoms with van der Waals surface area (Å²) >= 11 is 0. The third-order valence-corrected chi connectivity index (χ3v) is 6.85. The molecule has 1 aliphatic rings. The molecule has 4 heteroatoms. The second-order valence-corrected chi connectivity index (χ2v) is 9.14. The number of rotatable bonds is 3. The van der Waals surface area contributed by atoms with Gasteiger partial charge >= 0.3 is 0 Å². The second kappa shape index (κ2) is 8.51. The van der Waals surface area contributed by atoms with Gasteiger partial charge in [-0.25, -0.2) is 19.9 Å². The molecule has 0 saturated carbocycles. The summed E-state index contributed by atoms with van der Waals surface area (Å²) in [4.78, 5) is 19.1. The van der Waals surface area contributed by atoms with Crippen molar-refractivity contribution in [3.05, 3.63) is 127 Å². The van der Waals surface area contributed by atoms with Gasteiger partial charge in [0.15, 0.2) is 0 Å². The van der Waals surface area contributed by atoms with E-state index in [-0.39, 0.29) is 5.92 Å². The Morgan fingerprint density at radius 1 is 0.611 bits per heavy atom. The van der Waals surface area contributed by atoms with E-state index in [1.165, 1.54) is 10.8 Å². The molecular formula is C32H22N4. The Bertz CT molecular complexity index is 1820. The minimum atomic E-state index is 0.147. The molecule has 4 nitrogen and oxygen atoms in total. The van der Waals surface area contributed by atoms with Crippen molar-refractivity contribution >= 4 is 38.2 Å². The van der Waals surface area contributed by atoms with Crippen LogP contribution in [0.3, 0.4) is 0 Å². The Balaban J connectivity index is 1.35. The van der Waals surface area contributed by atoms with E-state index in [9.17, 15) is 0 Å². The highest BCUT2D eigenvalue weighted by Crippen LogP contribution is 2.32. The minimum Gasteiger partial charge on any atom is -0.246 e. The molecule has 3 aromatic carbocycles. The molecule has 1 unspecified atom stereocenters. The zero-order valence-corrected chi connectivity index (χ0v) is 19.5. The first-order valence-corrected chi connectivity index (χ1v) is 12.2. The highest BCUT2D eigenvalue weighted by atomic mass is 14.9. The number of pyridine rings is 2. The molecule has 0 N–H and O–H groups in total. The average molecular weight is 463 g/mol. The number of benzene rings is 3. The molecule has 1 atom stereocenters. The second-order valence-electron chi connectivity index (χ2n) is 9.14. The van der Waals surface area contributed by atoms with Crippen molar-refractivity contribution in [1.82, 2.24) is 19.9 Å². The fourth-order valence-electron chi connectivity index (χ4n) is 4.97. The van der Waals surface area contributed by atoms with Crippen LogP contribution in [-0.4, -0.2) is 19.9 Å². The maximum absolute atomic E-state index is 5.12. The molecule has 1 aliphatic carbocycles. The van der Waals surface area contributed by atoms with E-state index >= 15 is 0 Å². The molecule has 0 spiro atoms. The van der Waals surface area contributed by atoms with E-state index in [4.69, 9.17) is 9.97 Å². The summed E-state index contributed by atoms with van der Waals surface area (Å²) in [7, 11) is 0. The molecule has 7 rings (SSSR count). The van der Waals surface area contributed by atoms with Crippen LogP contribution in [-0.2, 0) is 0 Å². The Labute approximate surface area is 208 Å². The van der Waals surface area contributed by atoms with Gasteiger partial charge in [-0.2, -0.15) is 0 Å². The summed E-state index contributed by atoms with van der Waals surface area (Å²) in [6.07, 6.45) is 11.0. The van der Waals surface area contributed by atoms with E-state index in [1.807, 2.05) is 6.07 Å². The number of fused-ring (bicyclic) bond motifs is 4. The van der Waals surface area contributed by atoms with E-state index in [1.54, 1.807) is 12.4 Å². The van der Waals surface area contributed by atoms with Gasteiger partial charge in [0.05, 0.1) is 22.4 Å². The summed E-state index contributed by atoms with van der Waals surface area (Å²) in [6.45, 7) is 0. The molecule has 36 heavy (non-hydrogen) atoms. The zero-order chi connectivity index (χ0) is 23.9. The molecule has 0 amide bonds. The Kier molecular flexibility index (Phi) is 4.88. The Morgan fingerprint density at radius 3 is 2.08 bits per heavy atom. The maximum atomic E-state index is 5.12. The predicted molar refractivity (Wildman–Crippen MR) is 146 cm³/mol. The van der Waals surface area contributed by atoms with E-state index in [0.717, 1.165) is 56.6 Å². The van der Waals surface area contributed by atoms with Crippen LogP contribution in [0.5, 0.6) is 0 Å². The number of hydrogen-bond acceptors (Lipinski definition) is 4. The predicted octanol–water partition coefficient (Wildman–Crippen LogP) is 7.52. The van der Waals surface area contributed by atoms with Crippen molar-refractivity contribution in [2.75, 3.05) is 0 Å². The van der Waals surface area contributed by atoms with Crippen LogP contribution in [0.2, 0.25) is 0 Å². The zero-order valence-electron chi connectivity index (χ0n) is 19.5. The summed E-state index contributed by atoms with van der Waals surface area (Å²) < 4.78 is 0. The van der Waals surface area contributed by atoms with Gasteiger partial charge in [-0.3, -0.25) is 0 Å². The standard InChI is InChI=1S/C32H22N4/c1-2-6-24-19-26(12-9-21(24)5-1)29-16-14-23-11-10-22-13-15-28(35-30(22)31(23)36-29)25-7-3-8-27(20-25)32-33-17-4-18-34-32/h1-7,9-20,27H,8H2. The lowest BCUT2D eigenvalue weighted by atomic mass is 9.93. The van der Waals surface area contributed by atoms with Crippen LogP contribution in [0.4, 0.5) is 0 Å². The van der Waals surface area contributed by atoms with E-state index in [2.05, 4.69) is 107 Å². The van der Waals surface area contributed by atoms with Crippen molar-refractivity contribution < 1.29 is 0 Å². The third-order valence-electron chi connectivity index (χ3n) is 6.85. The quantitative estimate of drug-likeness (QED) is 0.255. The number of hydrogen-bond donors (Lipinski definition) is 0. The molecular weight excluding hydrogens is 440 g/mol. The van der Waals surface area contributed by atoms with Crippen molar-refractivity contribution in [2.24, 2.45) is 0 Å². The highest BCUT2D eigenvalue weighted by Gasteiger charge is 2.16. The number of nitrogens with zero attached hydrogens (tertiary/aromatic N) is 4. The topological polar surface area (TPSA) is 51.6 Å². The third kappa shape index (κ3) is 3.64. The van der Waals surface area contributed by atoms with Gasteiger partial charge in [-0.15, -0.1) is 0 Å². The van der Waals surface area contributed by atoms with Gasteiger partial charge in [0.2, 0.25) is 0 Å². The maximum Gasteiger partial charge on any atom is 0.135 e. The van der Waals surface area contributed by atoms with Gasteiger partial charge in [0.1, 0.15) is 5.82 Å². The fraction of sp³-hybridized carbons (Fsp3) is 0.0625. The van der Waals surface area contributed by atoms with Gasteiger partial charge < -0.3 is 0 Å². The number of aromatic nitrogens is 4. The number of allylic oxidation sites excluding steroid dienone is 4. The average Bonchev–Trinajstić information content (AvgIpc) is 2.97. The van der Waals surface area contributed by atoms with Gasteiger partial charge in [0.25, 0.3) is 0 Å². The van der Waals surface area contributed by atoms with Crippen LogP contribution in [0.25, 0.3) is 49.4 Å². The minimum absolute atomic E-state index is 0.147. The Morgan fingerprint density at radius 2 is 1.28 bits per heavy atom. The van der Waals surface area contributed by atoms with Crippen molar-refractivity contribution in [1.29, 1.82) is 0 Å². The lowest BCUT2D eigenvalue weighted by molar-refractivity contribution is 0.773. The summed E-state index contributed by atoms with van der Waals surface area (Å²) in [5, 5.41) is 4.60. The molecule has 6 aromatic rings. The fourth-order valence-corrected chi connectivity index (χ4v) is 4.97. The monoisotopic (exact) mass is 462 g/mol. The van der Waals surface area contributed by atoms with E-state index < -0.39 is 0 Å². The molecule has 0 bridgehead atoms. The van der Waals surface area contributed by atoms with Gasteiger partial charge in [0, 0.05) is 34.6 Å². The molecule has 0 aliphatic heterocycles. The van der Waals surface area contributed by atoms with Crippen molar-refractivity contribution in [3.63, 3.8) is 0 Å². The van der Waals surface area contributed by atoms with Gasteiger partial charge in [-0.1, -0.05) is 78.9 Å². The first-order valence-electron chi connectivity index (χ1n) is 12.2. The van der Waals surface area contributed by atoms with Crippen LogP contribution < -0.4 is 0 Å². The normalized spacial score (nSPS) is 15.4. The SMILES string of the molecule is C1=CC(c2ccc3ccc4ccc(-c5ccc6ccccc6c5)nc4c3n2)=CC(c2ncccn2)C1. The molecule has 0 fully saturated rings. The highest BCUT2D eigenvalue weighted by molar-refractivity contribution is 6.04. The molecule has 170 valence electrons. The summed E-state index contributed by atoms with van der Waals surface area (Å²) in [5.41, 5.74) is 5.91. The van der Waals surface area contributed by atoms with Crippen molar-refractivity contribution in [3.8, 4) is 11.3 Å². The van der Waals surface area contributed by atoms with Crippen LogP contribution in [0.1, 0.15) is 23.9 Å². The Hall–Kier alpha value is -4.70. The van der Waals surface area contributed by atoms with E-state index in [0.29, 0.717) is 0 Å². The van der Waals surface area contributed by atoms with Gasteiger partial charge in [-0.05, 0) is 47.0 Å². The lowest BCUT2D eigenvalue weighted by Gasteiger charge is -2.15. The smallest absolute Gasteiger partial charge is 0.135 e. The molecule has 3 aromatic heterocycles. The van der Waals surface area contributed by atoms with Crippen LogP contribution >= 0.6 is 0 Å². The first kappa shape index (κ1) is 20.7. The largest absolute Gasteiger partial charge is 0.246 e. The summed E-state index contributed by atoms with van der Waals surface area (Å²) in [5.74, 6) is 0.987. The van der Waals surface area contributed by atoms with Crippen LogP contribution in [0.15, 0.2) is 116 Å². The van der Waals surface area contributed by atoms with Crippen LogP contribution in [0, 0.1) is 0 Å². The molecule has 3 heterocycles. The first-order chi connectivity index (χ1) is 17.8. The molecule has 0 saturated heterocycles. The van der Waals surface area contributed by atoms with Crippen molar-refractivity contribution in [2.45, 2.75) is 12.3 Å².